The standard InChI is InChI=1S/C15H9BrFNO2/c1-8-6-9(16)7-12(13(8)17)18-14(19)10-4-2-3-5-11(10)15(18)20/h2-7H,1H3. The van der Waals surface area contributed by atoms with Gasteiger partial charge >= 0.3 is 0 Å². The van der Waals surface area contributed by atoms with Crippen LogP contribution in [0.25, 0.3) is 0 Å². The van der Waals surface area contributed by atoms with Gasteiger partial charge in [0.1, 0.15) is 5.82 Å². The molecule has 20 heavy (non-hydrogen) atoms. The van der Waals surface area contributed by atoms with Gasteiger partial charge in [-0.3, -0.25) is 9.59 Å². The number of anilines is 1. The van der Waals surface area contributed by atoms with Gasteiger partial charge in [-0.15, -0.1) is 0 Å². The average Bonchev–Trinajstić information content (AvgIpc) is 2.67. The van der Waals surface area contributed by atoms with Crippen molar-refractivity contribution in [1.29, 1.82) is 0 Å². The Morgan fingerprint density at radius 3 is 2.15 bits per heavy atom. The monoisotopic (exact) mass is 333 g/mol. The van der Waals surface area contributed by atoms with E-state index < -0.39 is 17.6 Å². The second-order valence-corrected chi connectivity index (χ2v) is 5.46. The Morgan fingerprint density at radius 1 is 1.05 bits per heavy atom. The van der Waals surface area contributed by atoms with Crippen LogP contribution < -0.4 is 4.90 Å². The van der Waals surface area contributed by atoms with Crippen LogP contribution in [-0.4, -0.2) is 11.8 Å². The normalized spacial score (nSPS) is 13.8. The van der Waals surface area contributed by atoms with Crippen LogP contribution in [0.3, 0.4) is 0 Å². The Balaban J connectivity index is 2.19. The molecule has 0 unspecified atom stereocenters. The molecule has 1 aliphatic rings. The Hall–Kier alpha value is -2.01. The number of rotatable bonds is 1. The molecule has 100 valence electrons. The van der Waals surface area contributed by atoms with E-state index in [1.54, 1.807) is 37.3 Å². The van der Waals surface area contributed by atoms with Gasteiger partial charge < -0.3 is 0 Å². The van der Waals surface area contributed by atoms with Gasteiger partial charge in [0.15, 0.2) is 0 Å². The first-order valence-corrected chi connectivity index (χ1v) is 6.73. The number of amides is 2. The molecule has 2 amide bonds. The molecule has 2 aromatic rings. The van der Waals surface area contributed by atoms with Gasteiger partial charge in [0.2, 0.25) is 0 Å². The van der Waals surface area contributed by atoms with E-state index in [9.17, 15) is 14.0 Å². The highest BCUT2D eigenvalue weighted by molar-refractivity contribution is 9.10. The third kappa shape index (κ3) is 1.78. The summed E-state index contributed by atoms with van der Waals surface area (Å²) in [5, 5.41) is 0. The van der Waals surface area contributed by atoms with Crippen LogP contribution in [0.2, 0.25) is 0 Å². The number of carbonyl (C=O) groups excluding carboxylic acids is 2. The molecule has 0 radical (unpaired) electrons. The summed E-state index contributed by atoms with van der Waals surface area (Å²) >= 11 is 3.25. The molecule has 0 saturated carbocycles. The van der Waals surface area contributed by atoms with E-state index in [2.05, 4.69) is 15.9 Å². The summed E-state index contributed by atoms with van der Waals surface area (Å²) in [4.78, 5) is 25.5. The lowest BCUT2D eigenvalue weighted by molar-refractivity contribution is 0.0925. The Labute approximate surface area is 123 Å². The van der Waals surface area contributed by atoms with E-state index in [1.165, 1.54) is 6.07 Å². The maximum atomic E-state index is 14.2. The molecule has 1 heterocycles. The van der Waals surface area contributed by atoms with Crippen LogP contribution in [-0.2, 0) is 0 Å². The van der Waals surface area contributed by atoms with E-state index in [4.69, 9.17) is 0 Å². The molecule has 0 aliphatic carbocycles. The first kappa shape index (κ1) is 13.0. The maximum Gasteiger partial charge on any atom is 0.266 e. The highest BCUT2D eigenvalue weighted by atomic mass is 79.9. The van der Waals surface area contributed by atoms with Crippen LogP contribution in [0.5, 0.6) is 0 Å². The van der Waals surface area contributed by atoms with Gasteiger partial charge in [0.25, 0.3) is 11.8 Å². The van der Waals surface area contributed by atoms with Crippen molar-refractivity contribution in [3.8, 4) is 0 Å². The molecule has 0 saturated heterocycles. The number of aryl methyl sites for hydroxylation is 1. The Morgan fingerprint density at radius 2 is 1.60 bits per heavy atom. The predicted octanol–water partition coefficient (Wildman–Crippen LogP) is 3.70. The number of benzene rings is 2. The molecule has 3 nitrogen and oxygen atoms in total. The minimum Gasteiger partial charge on any atom is -0.268 e. The number of imide groups is 1. The van der Waals surface area contributed by atoms with E-state index in [1.807, 2.05) is 0 Å². The number of halogens is 2. The van der Waals surface area contributed by atoms with Crippen molar-refractivity contribution >= 4 is 33.4 Å². The highest BCUT2D eigenvalue weighted by Crippen LogP contribution is 2.33. The summed E-state index contributed by atoms with van der Waals surface area (Å²) in [6.07, 6.45) is 0. The zero-order valence-electron chi connectivity index (χ0n) is 10.5. The summed E-state index contributed by atoms with van der Waals surface area (Å²) in [7, 11) is 0. The molecular weight excluding hydrogens is 325 g/mol. The van der Waals surface area contributed by atoms with Gasteiger partial charge in [-0.1, -0.05) is 28.1 Å². The third-order valence-corrected chi connectivity index (χ3v) is 3.69. The molecule has 2 aromatic carbocycles. The first-order valence-electron chi connectivity index (χ1n) is 5.94. The zero-order chi connectivity index (χ0) is 14.4. The van der Waals surface area contributed by atoms with E-state index in [-0.39, 0.29) is 5.69 Å². The van der Waals surface area contributed by atoms with Crippen LogP contribution in [0, 0.1) is 12.7 Å². The summed E-state index contributed by atoms with van der Waals surface area (Å²) in [5.41, 5.74) is 0.943. The number of carbonyl (C=O) groups is 2. The topological polar surface area (TPSA) is 37.4 Å². The molecular formula is C15H9BrFNO2. The van der Waals surface area contributed by atoms with E-state index in [0.29, 0.717) is 21.2 Å². The summed E-state index contributed by atoms with van der Waals surface area (Å²) < 4.78 is 14.9. The van der Waals surface area contributed by atoms with Gasteiger partial charge in [0.05, 0.1) is 16.8 Å². The maximum absolute atomic E-state index is 14.2. The number of hydrogen-bond acceptors (Lipinski definition) is 2. The van der Waals surface area contributed by atoms with Crippen LogP contribution in [0.15, 0.2) is 40.9 Å². The second-order valence-electron chi connectivity index (χ2n) is 4.55. The molecule has 0 aromatic heterocycles. The fourth-order valence-corrected chi connectivity index (χ4v) is 2.84. The van der Waals surface area contributed by atoms with Crippen molar-refractivity contribution in [2.75, 3.05) is 4.90 Å². The van der Waals surface area contributed by atoms with Crippen LogP contribution in [0.4, 0.5) is 10.1 Å². The number of fused-ring (bicyclic) bond motifs is 1. The SMILES string of the molecule is Cc1cc(Br)cc(N2C(=O)c3ccccc3C2=O)c1F. The van der Waals surface area contributed by atoms with Crippen molar-refractivity contribution in [3.63, 3.8) is 0 Å². The quantitative estimate of drug-likeness (QED) is 0.746. The summed E-state index contributed by atoms with van der Waals surface area (Å²) in [6, 6.07) is 9.52. The van der Waals surface area contributed by atoms with Crippen LogP contribution >= 0.6 is 15.9 Å². The second kappa shape index (κ2) is 4.52. The van der Waals surface area contributed by atoms with E-state index in [0.717, 1.165) is 4.90 Å². The van der Waals surface area contributed by atoms with Gasteiger partial charge in [0, 0.05) is 4.47 Å². The predicted molar refractivity (Wildman–Crippen MR) is 76.4 cm³/mol. The molecule has 0 fully saturated rings. The highest BCUT2D eigenvalue weighted by Gasteiger charge is 2.37. The van der Waals surface area contributed by atoms with Gasteiger partial charge in [-0.2, -0.15) is 0 Å². The Bertz CT molecular complexity index is 723. The molecule has 0 spiro atoms. The molecule has 5 heteroatoms. The van der Waals surface area contributed by atoms with Gasteiger partial charge in [-0.05, 0) is 36.8 Å². The molecule has 3 rings (SSSR count). The number of hydrogen-bond donors (Lipinski definition) is 0. The lowest BCUT2D eigenvalue weighted by Gasteiger charge is -2.16. The first-order chi connectivity index (χ1) is 9.50. The van der Waals surface area contributed by atoms with Crippen LogP contribution in [0.1, 0.15) is 26.3 Å². The Kier molecular flexibility index (Phi) is 2.94. The lowest BCUT2D eigenvalue weighted by Crippen LogP contribution is -2.30. The fourth-order valence-electron chi connectivity index (χ4n) is 2.28. The van der Waals surface area contributed by atoms with Crippen molar-refractivity contribution in [2.45, 2.75) is 6.92 Å². The smallest absolute Gasteiger partial charge is 0.266 e. The average molecular weight is 334 g/mol. The molecule has 0 N–H and O–H groups in total. The lowest BCUT2D eigenvalue weighted by atomic mass is 10.1. The number of nitrogens with zero attached hydrogens (tertiary/aromatic N) is 1. The van der Waals surface area contributed by atoms with Gasteiger partial charge in [-0.25, -0.2) is 9.29 Å². The van der Waals surface area contributed by atoms with Crippen molar-refractivity contribution in [3.05, 3.63) is 63.4 Å². The van der Waals surface area contributed by atoms with Crippen molar-refractivity contribution in [2.24, 2.45) is 0 Å². The molecule has 1 aliphatic heterocycles. The van der Waals surface area contributed by atoms with E-state index >= 15 is 0 Å². The minimum atomic E-state index is -0.567. The largest absolute Gasteiger partial charge is 0.268 e. The third-order valence-electron chi connectivity index (χ3n) is 3.24. The fraction of sp³-hybridized carbons (Fsp3) is 0.0667. The molecule has 0 atom stereocenters. The molecule has 0 bridgehead atoms. The minimum absolute atomic E-state index is 0.0249. The zero-order valence-corrected chi connectivity index (χ0v) is 12.1. The van der Waals surface area contributed by atoms with Crippen molar-refractivity contribution in [1.82, 2.24) is 0 Å². The van der Waals surface area contributed by atoms with Crippen molar-refractivity contribution < 1.29 is 14.0 Å². The summed E-state index contributed by atoms with van der Waals surface area (Å²) in [5.74, 6) is -1.56. The summed E-state index contributed by atoms with van der Waals surface area (Å²) in [6.45, 7) is 1.59.